The second-order valence-electron chi connectivity index (χ2n) is 5.20. The van der Waals surface area contributed by atoms with Gasteiger partial charge < -0.3 is 0 Å². The van der Waals surface area contributed by atoms with Crippen molar-refractivity contribution in [3.63, 3.8) is 0 Å². The van der Waals surface area contributed by atoms with Crippen molar-refractivity contribution in [2.45, 2.75) is 50.7 Å². The Kier molecular flexibility index (Phi) is 2.03. The van der Waals surface area contributed by atoms with Crippen LogP contribution in [0.4, 0.5) is 0 Å². The van der Waals surface area contributed by atoms with Crippen LogP contribution in [0.25, 0.3) is 0 Å². The molecule has 2 aliphatic carbocycles. The minimum absolute atomic E-state index is 0.0376. The van der Waals surface area contributed by atoms with Gasteiger partial charge in [0.2, 0.25) is 0 Å². The Morgan fingerprint density at radius 1 is 1.23 bits per heavy atom. The number of ketones is 1. The summed E-state index contributed by atoms with van der Waals surface area (Å²) < 4.78 is 0.213. The van der Waals surface area contributed by atoms with Crippen LogP contribution in [0.2, 0.25) is 0 Å². The maximum absolute atomic E-state index is 12.0. The van der Waals surface area contributed by atoms with Crippen molar-refractivity contribution in [3.05, 3.63) is 0 Å². The van der Waals surface area contributed by atoms with Crippen LogP contribution in [0, 0.1) is 11.3 Å². The van der Waals surface area contributed by atoms with Gasteiger partial charge in [-0.15, -0.1) is 0 Å². The third kappa shape index (κ3) is 1.34. The Balaban J connectivity index is 2.20. The Hall–Kier alpha value is 0.0200. The minimum Gasteiger partial charge on any atom is -0.299 e. The van der Waals surface area contributed by atoms with Crippen molar-refractivity contribution in [1.82, 2.24) is 0 Å². The first-order chi connectivity index (χ1) is 5.98. The monoisotopic (exact) mass is 198 g/mol. The van der Waals surface area contributed by atoms with Crippen molar-refractivity contribution in [1.29, 1.82) is 0 Å². The third-order valence-corrected chi connectivity index (χ3v) is 4.46. The molecule has 2 aliphatic rings. The number of hydrogen-bond acceptors (Lipinski definition) is 2. The van der Waals surface area contributed by atoms with E-state index in [0.717, 1.165) is 32.1 Å². The quantitative estimate of drug-likeness (QED) is 0.675. The smallest absolute Gasteiger partial charge is 0.141 e. The molecule has 2 bridgehead atoms. The van der Waals surface area contributed by atoms with Crippen LogP contribution >= 0.6 is 12.6 Å². The predicted molar refractivity (Wildman–Crippen MR) is 57.1 cm³/mol. The molecule has 2 fully saturated rings. The summed E-state index contributed by atoms with van der Waals surface area (Å²) in [5, 5.41) is 0. The molecule has 0 aliphatic heterocycles. The van der Waals surface area contributed by atoms with Crippen molar-refractivity contribution in [2.24, 2.45) is 11.3 Å². The molecular weight excluding hydrogens is 180 g/mol. The van der Waals surface area contributed by atoms with Gasteiger partial charge in [0.25, 0.3) is 0 Å². The lowest BCUT2D eigenvalue weighted by Gasteiger charge is -2.26. The molecule has 2 rings (SSSR count). The molecule has 0 amide bonds. The second-order valence-corrected chi connectivity index (χ2v) is 6.15. The highest BCUT2D eigenvalue weighted by Gasteiger charge is 2.56. The van der Waals surface area contributed by atoms with E-state index < -0.39 is 0 Å². The van der Waals surface area contributed by atoms with Gasteiger partial charge in [0, 0.05) is 16.1 Å². The lowest BCUT2D eigenvalue weighted by molar-refractivity contribution is -0.131. The van der Waals surface area contributed by atoms with E-state index in [1.807, 2.05) is 13.8 Å². The highest BCUT2D eigenvalue weighted by molar-refractivity contribution is 7.81. The molecule has 0 atom stereocenters. The molecule has 0 unspecified atom stereocenters. The summed E-state index contributed by atoms with van der Waals surface area (Å²) in [5.41, 5.74) is 0.0376. The first kappa shape index (κ1) is 9.57. The molecule has 0 saturated heterocycles. The standard InChI is InChI=1S/C11H18OS/c1-8(2)9(12)10-3-5-11(13,7-10)6-4-10/h8,13H,3-7H2,1-2H3. The molecule has 0 N–H and O–H groups in total. The van der Waals surface area contributed by atoms with Gasteiger partial charge in [0.15, 0.2) is 0 Å². The highest BCUT2D eigenvalue weighted by atomic mass is 32.1. The summed E-state index contributed by atoms with van der Waals surface area (Å²) in [5.74, 6) is 0.690. The summed E-state index contributed by atoms with van der Waals surface area (Å²) in [6.07, 6.45) is 5.52. The summed E-state index contributed by atoms with van der Waals surface area (Å²) in [6, 6.07) is 0. The van der Waals surface area contributed by atoms with Crippen molar-refractivity contribution in [2.75, 3.05) is 0 Å². The minimum atomic E-state index is 0.0376. The van der Waals surface area contributed by atoms with Crippen molar-refractivity contribution in [3.8, 4) is 0 Å². The topological polar surface area (TPSA) is 17.1 Å². The third-order valence-electron chi connectivity index (χ3n) is 3.85. The van der Waals surface area contributed by atoms with E-state index in [0.29, 0.717) is 5.78 Å². The lowest BCUT2D eigenvalue weighted by atomic mass is 9.76. The molecule has 0 heterocycles. The zero-order valence-corrected chi connectivity index (χ0v) is 9.36. The summed E-state index contributed by atoms with van der Waals surface area (Å²) in [6.45, 7) is 4.04. The van der Waals surface area contributed by atoms with E-state index >= 15 is 0 Å². The fourth-order valence-corrected chi connectivity index (χ4v) is 3.65. The number of Topliss-reactive ketones (excluding diaryl/α,β-unsaturated/α-hetero) is 1. The van der Waals surface area contributed by atoms with E-state index in [9.17, 15) is 4.79 Å². The average Bonchev–Trinajstić information content (AvgIpc) is 2.57. The van der Waals surface area contributed by atoms with Gasteiger partial charge in [-0.25, -0.2) is 0 Å². The fourth-order valence-electron chi connectivity index (χ4n) is 3.12. The molecule has 2 saturated carbocycles. The number of rotatable bonds is 2. The van der Waals surface area contributed by atoms with E-state index in [1.54, 1.807) is 0 Å². The first-order valence-corrected chi connectivity index (χ1v) is 5.69. The van der Waals surface area contributed by atoms with Gasteiger partial charge in [-0.1, -0.05) is 13.8 Å². The SMILES string of the molecule is CC(C)C(=O)C12CCC(S)(CC1)C2. The highest BCUT2D eigenvalue weighted by Crippen LogP contribution is 2.60. The molecule has 0 spiro atoms. The van der Waals surface area contributed by atoms with Crippen LogP contribution in [-0.2, 0) is 4.79 Å². The molecule has 13 heavy (non-hydrogen) atoms. The summed E-state index contributed by atoms with van der Waals surface area (Å²) in [4.78, 5) is 12.0. The van der Waals surface area contributed by atoms with Gasteiger partial charge in [0.1, 0.15) is 5.78 Å². The number of carbonyl (C=O) groups excluding carboxylic acids is 1. The van der Waals surface area contributed by atoms with E-state index in [-0.39, 0.29) is 16.1 Å². The Labute approximate surface area is 85.7 Å². The number of thiol groups is 1. The zero-order valence-electron chi connectivity index (χ0n) is 8.47. The van der Waals surface area contributed by atoms with Crippen LogP contribution in [0.5, 0.6) is 0 Å². The first-order valence-electron chi connectivity index (χ1n) is 5.24. The average molecular weight is 198 g/mol. The second kappa shape index (κ2) is 2.75. The summed E-state index contributed by atoms with van der Waals surface area (Å²) >= 11 is 4.69. The molecule has 2 heteroatoms. The molecule has 0 aromatic rings. The van der Waals surface area contributed by atoms with Gasteiger partial charge >= 0.3 is 0 Å². The van der Waals surface area contributed by atoms with Gasteiger partial charge in [-0.05, 0) is 32.1 Å². The molecular formula is C11H18OS. The Morgan fingerprint density at radius 2 is 1.77 bits per heavy atom. The van der Waals surface area contributed by atoms with Crippen LogP contribution in [0.1, 0.15) is 46.0 Å². The molecule has 0 aromatic carbocycles. The zero-order chi connectivity index (χ0) is 9.69. The van der Waals surface area contributed by atoms with Crippen molar-refractivity contribution < 1.29 is 4.79 Å². The molecule has 0 aromatic heterocycles. The van der Waals surface area contributed by atoms with Crippen LogP contribution < -0.4 is 0 Å². The Morgan fingerprint density at radius 3 is 2.08 bits per heavy atom. The normalized spacial score (nSPS) is 43.1. The molecule has 74 valence electrons. The Bertz CT molecular complexity index is 236. The van der Waals surface area contributed by atoms with Gasteiger partial charge in [-0.3, -0.25) is 4.79 Å². The van der Waals surface area contributed by atoms with E-state index in [4.69, 9.17) is 0 Å². The maximum atomic E-state index is 12.0. The summed E-state index contributed by atoms with van der Waals surface area (Å²) in [7, 11) is 0. The number of carbonyl (C=O) groups is 1. The predicted octanol–water partition coefficient (Wildman–Crippen LogP) is 2.84. The largest absolute Gasteiger partial charge is 0.299 e. The lowest BCUT2D eigenvalue weighted by Crippen LogP contribution is -2.30. The van der Waals surface area contributed by atoms with Crippen LogP contribution in [-0.4, -0.2) is 10.5 Å². The maximum Gasteiger partial charge on any atom is 0.141 e. The van der Waals surface area contributed by atoms with E-state index in [2.05, 4.69) is 12.6 Å². The fraction of sp³-hybridized carbons (Fsp3) is 0.909. The van der Waals surface area contributed by atoms with Crippen LogP contribution in [0.3, 0.4) is 0 Å². The molecule has 1 nitrogen and oxygen atoms in total. The van der Waals surface area contributed by atoms with Gasteiger partial charge in [0.05, 0.1) is 0 Å². The number of hydrogen-bond donors (Lipinski definition) is 1. The van der Waals surface area contributed by atoms with Crippen molar-refractivity contribution >= 4 is 18.4 Å². The molecule has 0 radical (unpaired) electrons. The van der Waals surface area contributed by atoms with Gasteiger partial charge in [-0.2, -0.15) is 12.6 Å². The van der Waals surface area contributed by atoms with Crippen LogP contribution in [0.15, 0.2) is 0 Å². The number of fused-ring (bicyclic) bond motifs is 2. The van der Waals surface area contributed by atoms with E-state index in [1.165, 1.54) is 0 Å².